The van der Waals surface area contributed by atoms with Crippen LogP contribution in [-0.4, -0.2) is 26.7 Å². The molecule has 2 aromatic carbocycles. The second-order valence-corrected chi connectivity index (χ2v) is 5.61. The fraction of sp³-hybridized carbons (Fsp3) is 0.316. The van der Waals surface area contributed by atoms with Gasteiger partial charge in [-0.15, -0.1) is 0 Å². The number of benzene rings is 2. The van der Waals surface area contributed by atoms with E-state index in [2.05, 4.69) is 10.1 Å². The van der Waals surface area contributed by atoms with E-state index in [0.29, 0.717) is 17.5 Å². The van der Waals surface area contributed by atoms with Gasteiger partial charge in [0, 0.05) is 13.0 Å². The number of methoxy groups -OCH3 is 2. The molecular weight excluding hydrogens is 363 g/mol. The Morgan fingerprint density at radius 1 is 1.00 bits per heavy atom. The predicted octanol–water partition coefficient (Wildman–Crippen LogP) is 3.69. The van der Waals surface area contributed by atoms with Crippen molar-refractivity contribution in [1.82, 2.24) is 5.32 Å². The second-order valence-electron chi connectivity index (χ2n) is 5.61. The Kier molecular flexibility index (Phi) is 7.34. The smallest absolute Gasteiger partial charge is 0.387 e. The van der Waals surface area contributed by atoms with Crippen LogP contribution >= 0.6 is 0 Å². The van der Waals surface area contributed by atoms with Gasteiger partial charge in [-0.2, -0.15) is 8.78 Å². The normalized spacial score (nSPS) is 10.6. The summed E-state index contributed by atoms with van der Waals surface area (Å²) in [5.74, 6) is -0.483. The molecule has 0 unspecified atom stereocenters. The summed E-state index contributed by atoms with van der Waals surface area (Å²) in [4.78, 5) is 12.0. The van der Waals surface area contributed by atoms with Crippen LogP contribution in [0.3, 0.4) is 0 Å². The molecule has 8 heteroatoms. The van der Waals surface area contributed by atoms with Crippen LogP contribution in [0.15, 0.2) is 36.4 Å². The van der Waals surface area contributed by atoms with Crippen LogP contribution in [0.2, 0.25) is 0 Å². The molecule has 0 bridgehead atoms. The maximum Gasteiger partial charge on any atom is 0.387 e. The Morgan fingerprint density at radius 2 is 1.67 bits per heavy atom. The molecule has 0 aliphatic heterocycles. The van der Waals surface area contributed by atoms with Crippen molar-refractivity contribution in [2.75, 3.05) is 14.2 Å². The van der Waals surface area contributed by atoms with E-state index in [1.54, 1.807) is 12.1 Å². The van der Waals surface area contributed by atoms with Crippen molar-refractivity contribution in [3.8, 4) is 17.2 Å². The van der Waals surface area contributed by atoms with Gasteiger partial charge in [-0.05, 0) is 41.8 Å². The van der Waals surface area contributed by atoms with E-state index in [-0.39, 0.29) is 36.1 Å². The molecular formula is C19H20F3NO4. The number of carbonyl (C=O) groups is 1. The van der Waals surface area contributed by atoms with Crippen LogP contribution in [-0.2, 0) is 17.8 Å². The lowest BCUT2D eigenvalue weighted by molar-refractivity contribution is -0.121. The molecule has 0 heterocycles. The maximum absolute atomic E-state index is 13.6. The van der Waals surface area contributed by atoms with Crippen molar-refractivity contribution in [1.29, 1.82) is 0 Å². The van der Waals surface area contributed by atoms with E-state index in [1.807, 2.05) is 0 Å². The first kappa shape index (κ1) is 20.4. The summed E-state index contributed by atoms with van der Waals surface area (Å²) in [5.41, 5.74) is 1.34. The quantitative estimate of drug-likeness (QED) is 0.718. The molecule has 0 radical (unpaired) electrons. The summed E-state index contributed by atoms with van der Waals surface area (Å²) < 4.78 is 52.5. The van der Waals surface area contributed by atoms with Gasteiger partial charge >= 0.3 is 6.61 Å². The van der Waals surface area contributed by atoms with Gasteiger partial charge in [0.2, 0.25) is 5.91 Å². The summed E-state index contributed by atoms with van der Waals surface area (Å²) in [6, 6.07) is 8.96. The van der Waals surface area contributed by atoms with Crippen LogP contribution in [0, 0.1) is 5.82 Å². The molecule has 0 fully saturated rings. The van der Waals surface area contributed by atoms with E-state index in [9.17, 15) is 18.0 Å². The number of alkyl halides is 2. The lowest BCUT2D eigenvalue weighted by atomic mass is 10.1. The average molecular weight is 383 g/mol. The topological polar surface area (TPSA) is 56.8 Å². The maximum atomic E-state index is 13.6. The Hall–Kier alpha value is -2.90. The Bertz CT molecular complexity index is 784. The Balaban J connectivity index is 1.87. The first-order valence-electron chi connectivity index (χ1n) is 8.13. The monoisotopic (exact) mass is 383 g/mol. The first-order valence-corrected chi connectivity index (χ1v) is 8.13. The van der Waals surface area contributed by atoms with E-state index in [0.717, 1.165) is 0 Å². The summed E-state index contributed by atoms with van der Waals surface area (Å²) >= 11 is 0. The van der Waals surface area contributed by atoms with E-state index < -0.39 is 12.4 Å². The SMILES string of the molecule is COc1ccc(CCC(=O)NCc2ccc(OC(F)F)c(OC)c2)cc1F. The zero-order valence-electron chi connectivity index (χ0n) is 14.9. The summed E-state index contributed by atoms with van der Waals surface area (Å²) in [7, 11) is 2.72. The zero-order valence-corrected chi connectivity index (χ0v) is 14.9. The molecule has 0 aliphatic carbocycles. The molecule has 0 aromatic heterocycles. The lowest BCUT2D eigenvalue weighted by Crippen LogP contribution is -2.23. The fourth-order valence-corrected chi connectivity index (χ4v) is 2.43. The number of ether oxygens (including phenoxy) is 3. The van der Waals surface area contributed by atoms with Crippen LogP contribution in [0.4, 0.5) is 13.2 Å². The third-order valence-electron chi connectivity index (χ3n) is 3.79. The zero-order chi connectivity index (χ0) is 19.8. The Morgan fingerprint density at radius 3 is 2.30 bits per heavy atom. The largest absolute Gasteiger partial charge is 0.494 e. The lowest BCUT2D eigenvalue weighted by Gasteiger charge is -2.12. The van der Waals surface area contributed by atoms with Crippen LogP contribution in [0.1, 0.15) is 17.5 Å². The highest BCUT2D eigenvalue weighted by Gasteiger charge is 2.12. The van der Waals surface area contributed by atoms with Crippen molar-refractivity contribution in [2.24, 2.45) is 0 Å². The van der Waals surface area contributed by atoms with Crippen molar-refractivity contribution >= 4 is 5.91 Å². The molecule has 1 N–H and O–H groups in total. The highest BCUT2D eigenvalue weighted by molar-refractivity contribution is 5.76. The third kappa shape index (κ3) is 6.09. The summed E-state index contributed by atoms with van der Waals surface area (Å²) in [6.45, 7) is -2.76. The molecule has 146 valence electrons. The second kappa shape index (κ2) is 9.70. The van der Waals surface area contributed by atoms with Gasteiger partial charge in [0.25, 0.3) is 0 Å². The molecule has 0 saturated carbocycles. The molecule has 0 saturated heterocycles. The van der Waals surface area contributed by atoms with Gasteiger partial charge in [-0.25, -0.2) is 4.39 Å². The third-order valence-corrected chi connectivity index (χ3v) is 3.79. The van der Waals surface area contributed by atoms with Gasteiger partial charge in [0.15, 0.2) is 23.1 Å². The molecule has 2 aromatic rings. The number of rotatable bonds is 9. The number of aryl methyl sites for hydroxylation is 1. The van der Waals surface area contributed by atoms with Gasteiger partial charge in [0.05, 0.1) is 14.2 Å². The average Bonchev–Trinajstić information content (AvgIpc) is 2.65. The standard InChI is InChI=1S/C19H20F3NO4/c1-25-15-6-3-12(9-14(15)20)5-8-18(24)23-11-13-4-7-16(27-19(21)22)17(10-13)26-2/h3-4,6-7,9-10,19H,5,8,11H2,1-2H3,(H,23,24). The minimum absolute atomic E-state index is 0.0795. The number of hydrogen-bond donors (Lipinski definition) is 1. The predicted molar refractivity (Wildman–Crippen MR) is 92.7 cm³/mol. The highest BCUT2D eigenvalue weighted by Crippen LogP contribution is 2.29. The summed E-state index contributed by atoms with van der Waals surface area (Å²) in [6.07, 6.45) is 0.548. The van der Waals surface area contributed by atoms with Crippen LogP contribution < -0.4 is 19.5 Å². The fourth-order valence-electron chi connectivity index (χ4n) is 2.43. The van der Waals surface area contributed by atoms with Crippen molar-refractivity contribution in [3.63, 3.8) is 0 Å². The number of hydrogen-bond acceptors (Lipinski definition) is 4. The minimum Gasteiger partial charge on any atom is -0.494 e. The first-order chi connectivity index (χ1) is 12.9. The van der Waals surface area contributed by atoms with Crippen molar-refractivity contribution in [3.05, 3.63) is 53.3 Å². The number of carbonyl (C=O) groups excluding carboxylic acids is 1. The number of halogens is 3. The molecule has 5 nitrogen and oxygen atoms in total. The molecule has 0 atom stereocenters. The van der Waals surface area contributed by atoms with E-state index >= 15 is 0 Å². The van der Waals surface area contributed by atoms with Gasteiger partial charge in [-0.3, -0.25) is 4.79 Å². The molecule has 0 aliphatic rings. The van der Waals surface area contributed by atoms with Crippen molar-refractivity contribution in [2.45, 2.75) is 26.0 Å². The van der Waals surface area contributed by atoms with Gasteiger partial charge < -0.3 is 19.5 Å². The molecule has 2 rings (SSSR count). The minimum atomic E-state index is -2.95. The van der Waals surface area contributed by atoms with Crippen LogP contribution in [0.5, 0.6) is 17.2 Å². The summed E-state index contributed by atoms with van der Waals surface area (Å²) in [5, 5.41) is 2.72. The van der Waals surface area contributed by atoms with E-state index in [1.165, 1.54) is 38.5 Å². The Labute approximate surface area is 155 Å². The van der Waals surface area contributed by atoms with E-state index in [4.69, 9.17) is 9.47 Å². The van der Waals surface area contributed by atoms with Crippen molar-refractivity contribution < 1.29 is 32.2 Å². The molecule has 27 heavy (non-hydrogen) atoms. The molecule has 1 amide bonds. The van der Waals surface area contributed by atoms with Gasteiger partial charge in [0.1, 0.15) is 0 Å². The van der Waals surface area contributed by atoms with Crippen LogP contribution in [0.25, 0.3) is 0 Å². The number of amides is 1. The van der Waals surface area contributed by atoms with Gasteiger partial charge in [-0.1, -0.05) is 12.1 Å². The molecule has 0 spiro atoms. The number of nitrogens with one attached hydrogen (secondary N) is 1. The highest BCUT2D eigenvalue weighted by atomic mass is 19.3.